The summed E-state index contributed by atoms with van der Waals surface area (Å²) in [6.45, 7) is 13.9. The van der Waals surface area contributed by atoms with Crippen LogP contribution in [0.4, 0.5) is 11.5 Å². The van der Waals surface area contributed by atoms with Crippen molar-refractivity contribution in [1.29, 1.82) is 0 Å². The topological polar surface area (TPSA) is 33.1 Å². The molecule has 4 nitrogen and oxygen atoms in total. The fraction of sp³-hybridized carbons (Fsp3) is 0.750. The third-order valence-electron chi connectivity index (χ3n) is 3.40. The number of nitrogens with zero attached hydrogens (tertiary/aromatic N) is 3. The van der Waals surface area contributed by atoms with Crippen LogP contribution in [0.2, 0.25) is 0 Å². The van der Waals surface area contributed by atoms with Crippen molar-refractivity contribution in [2.45, 2.75) is 46.7 Å². The predicted octanol–water partition coefficient (Wildman–Crippen LogP) is 2.24. The first kappa shape index (κ1) is 11.3. The van der Waals surface area contributed by atoms with Gasteiger partial charge < -0.3 is 10.2 Å². The number of anilines is 2. The standard InChI is InChI=1S/C12H22N4/c1-6-15-11-10(13-8-12(15,4)5)9(3)14-16(11)7-2/h13H,6-8H2,1-5H3. The summed E-state index contributed by atoms with van der Waals surface area (Å²) in [5, 5.41) is 8.10. The van der Waals surface area contributed by atoms with Crippen molar-refractivity contribution in [2.75, 3.05) is 23.3 Å². The lowest BCUT2D eigenvalue weighted by atomic mass is 9.99. The molecular weight excluding hydrogens is 200 g/mol. The summed E-state index contributed by atoms with van der Waals surface area (Å²) in [6.07, 6.45) is 0. The molecule has 1 aliphatic rings. The van der Waals surface area contributed by atoms with Crippen LogP contribution in [0.25, 0.3) is 0 Å². The molecule has 0 unspecified atom stereocenters. The molecule has 0 fully saturated rings. The van der Waals surface area contributed by atoms with E-state index >= 15 is 0 Å². The Hall–Kier alpha value is -1.19. The fourth-order valence-electron chi connectivity index (χ4n) is 2.54. The zero-order valence-corrected chi connectivity index (χ0v) is 11.0. The van der Waals surface area contributed by atoms with Crippen LogP contribution in [0, 0.1) is 6.92 Å². The average Bonchev–Trinajstić information content (AvgIpc) is 2.54. The van der Waals surface area contributed by atoms with Gasteiger partial charge in [0.2, 0.25) is 0 Å². The summed E-state index contributed by atoms with van der Waals surface area (Å²) in [5.41, 5.74) is 2.47. The van der Waals surface area contributed by atoms with E-state index in [4.69, 9.17) is 0 Å². The number of likely N-dealkylation sites (N-methyl/N-ethyl adjacent to an activating group) is 1. The maximum absolute atomic E-state index is 4.59. The monoisotopic (exact) mass is 222 g/mol. The van der Waals surface area contributed by atoms with Crippen molar-refractivity contribution in [3.63, 3.8) is 0 Å². The summed E-state index contributed by atoms with van der Waals surface area (Å²) in [7, 11) is 0. The molecule has 2 heterocycles. The van der Waals surface area contributed by atoms with Crippen LogP contribution in [0.15, 0.2) is 0 Å². The first-order valence-electron chi connectivity index (χ1n) is 6.10. The quantitative estimate of drug-likeness (QED) is 0.833. The minimum Gasteiger partial charge on any atom is -0.378 e. The molecule has 0 saturated heterocycles. The molecule has 2 rings (SSSR count). The van der Waals surface area contributed by atoms with E-state index in [2.05, 4.69) is 54.6 Å². The van der Waals surface area contributed by atoms with Crippen LogP contribution in [0.5, 0.6) is 0 Å². The van der Waals surface area contributed by atoms with Crippen LogP contribution in [-0.2, 0) is 6.54 Å². The largest absolute Gasteiger partial charge is 0.378 e. The molecule has 1 aromatic heterocycles. The van der Waals surface area contributed by atoms with Crippen molar-refractivity contribution in [3.8, 4) is 0 Å². The van der Waals surface area contributed by atoms with Gasteiger partial charge in [-0.1, -0.05) is 0 Å². The third-order valence-corrected chi connectivity index (χ3v) is 3.40. The van der Waals surface area contributed by atoms with E-state index in [0.717, 1.165) is 25.3 Å². The van der Waals surface area contributed by atoms with E-state index in [9.17, 15) is 0 Å². The van der Waals surface area contributed by atoms with E-state index in [0.29, 0.717) is 0 Å². The maximum atomic E-state index is 4.59. The first-order chi connectivity index (χ1) is 7.51. The van der Waals surface area contributed by atoms with Crippen LogP contribution < -0.4 is 10.2 Å². The van der Waals surface area contributed by atoms with Crippen LogP contribution >= 0.6 is 0 Å². The molecule has 1 N–H and O–H groups in total. The molecule has 0 aromatic carbocycles. The zero-order chi connectivity index (χ0) is 11.9. The number of aromatic nitrogens is 2. The molecule has 0 bridgehead atoms. The number of hydrogen-bond donors (Lipinski definition) is 1. The van der Waals surface area contributed by atoms with Crippen molar-refractivity contribution in [1.82, 2.24) is 9.78 Å². The summed E-state index contributed by atoms with van der Waals surface area (Å²) >= 11 is 0. The Morgan fingerprint density at radius 2 is 2.00 bits per heavy atom. The van der Waals surface area contributed by atoms with Crippen molar-refractivity contribution < 1.29 is 0 Å². The molecule has 0 radical (unpaired) electrons. The van der Waals surface area contributed by atoms with E-state index in [1.165, 1.54) is 11.5 Å². The molecule has 0 atom stereocenters. The lowest BCUT2D eigenvalue weighted by Gasteiger charge is -2.44. The minimum absolute atomic E-state index is 0.154. The number of rotatable bonds is 2. The van der Waals surface area contributed by atoms with E-state index in [1.807, 2.05) is 0 Å². The van der Waals surface area contributed by atoms with Gasteiger partial charge in [-0.05, 0) is 34.6 Å². The zero-order valence-electron chi connectivity index (χ0n) is 11.0. The third kappa shape index (κ3) is 1.47. The Balaban J connectivity index is 2.55. The number of hydrogen-bond acceptors (Lipinski definition) is 3. The Labute approximate surface area is 97.6 Å². The highest BCUT2D eigenvalue weighted by molar-refractivity contribution is 5.72. The Kier molecular flexibility index (Phi) is 2.60. The van der Waals surface area contributed by atoms with Gasteiger partial charge in [-0.15, -0.1) is 0 Å². The highest BCUT2D eigenvalue weighted by atomic mass is 15.4. The van der Waals surface area contributed by atoms with E-state index in [1.54, 1.807) is 0 Å². The summed E-state index contributed by atoms with van der Waals surface area (Å²) in [6, 6.07) is 0. The van der Waals surface area contributed by atoms with Crippen LogP contribution in [0.1, 0.15) is 33.4 Å². The van der Waals surface area contributed by atoms with E-state index in [-0.39, 0.29) is 5.54 Å². The van der Waals surface area contributed by atoms with Crippen LogP contribution in [0.3, 0.4) is 0 Å². The molecular formula is C12H22N4. The van der Waals surface area contributed by atoms with Gasteiger partial charge in [0.05, 0.1) is 11.2 Å². The highest BCUT2D eigenvalue weighted by Crippen LogP contribution is 2.37. The van der Waals surface area contributed by atoms with Crippen molar-refractivity contribution in [2.24, 2.45) is 0 Å². The first-order valence-corrected chi connectivity index (χ1v) is 6.10. The number of fused-ring (bicyclic) bond motifs is 1. The van der Waals surface area contributed by atoms with Gasteiger partial charge >= 0.3 is 0 Å². The highest BCUT2D eigenvalue weighted by Gasteiger charge is 2.35. The molecule has 0 saturated carbocycles. The van der Waals surface area contributed by atoms with Gasteiger partial charge in [0.25, 0.3) is 0 Å². The molecule has 16 heavy (non-hydrogen) atoms. The normalized spacial score (nSPS) is 18.2. The van der Waals surface area contributed by atoms with Gasteiger partial charge in [0, 0.05) is 19.6 Å². The van der Waals surface area contributed by atoms with Gasteiger partial charge in [-0.25, -0.2) is 4.68 Å². The summed E-state index contributed by atoms with van der Waals surface area (Å²) in [5.74, 6) is 1.25. The summed E-state index contributed by atoms with van der Waals surface area (Å²) < 4.78 is 2.10. The number of nitrogens with one attached hydrogen (secondary N) is 1. The molecule has 0 aliphatic carbocycles. The average molecular weight is 222 g/mol. The molecule has 0 amide bonds. The lowest BCUT2D eigenvalue weighted by molar-refractivity contribution is 0.462. The second-order valence-corrected chi connectivity index (χ2v) is 5.01. The molecule has 1 aromatic rings. The predicted molar refractivity (Wildman–Crippen MR) is 68.2 cm³/mol. The van der Waals surface area contributed by atoms with Crippen molar-refractivity contribution in [3.05, 3.63) is 5.69 Å². The molecule has 90 valence electrons. The van der Waals surface area contributed by atoms with Gasteiger partial charge in [0.15, 0.2) is 5.82 Å². The molecule has 4 heteroatoms. The van der Waals surface area contributed by atoms with E-state index < -0.39 is 0 Å². The number of aryl methyl sites for hydroxylation is 2. The molecule has 0 spiro atoms. The summed E-state index contributed by atoms with van der Waals surface area (Å²) in [4.78, 5) is 2.45. The van der Waals surface area contributed by atoms with Crippen LogP contribution in [-0.4, -0.2) is 28.4 Å². The van der Waals surface area contributed by atoms with Gasteiger partial charge in [0.1, 0.15) is 5.69 Å². The SMILES string of the molecule is CCN1c2c(c(C)nn2CC)NCC1(C)C. The maximum Gasteiger partial charge on any atom is 0.151 e. The van der Waals surface area contributed by atoms with Gasteiger partial charge in [-0.3, -0.25) is 0 Å². The Morgan fingerprint density at radius 1 is 1.31 bits per heavy atom. The Bertz CT molecular complexity index is 392. The minimum atomic E-state index is 0.154. The van der Waals surface area contributed by atoms with Crippen molar-refractivity contribution >= 4 is 11.5 Å². The second-order valence-electron chi connectivity index (χ2n) is 5.01. The Morgan fingerprint density at radius 3 is 2.56 bits per heavy atom. The second kappa shape index (κ2) is 3.68. The lowest BCUT2D eigenvalue weighted by Crippen LogP contribution is -2.52. The smallest absolute Gasteiger partial charge is 0.151 e. The van der Waals surface area contributed by atoms with Gasteiger partial charge in [-0.2, -0.15) is 5.10 Å². The molecule has 1 aliphatic heterocycles. The fourth-order valence-corrected chi connectivity index (χ4v) is 2.54.